The number of anilines is 2. The Morgan fingerprint density at radius 3 is 2.94 bits per heavy atom. The Kier molecular flexibility index (Phi) is 3.58. The predicted molar refractivity (Wildman–Crippen MR) is 72.2 cm³/mol. The van der Waals surface area contributed by atoms with Crippen LogP contribution < -0.4 is 11.1 Å². The molecule has 0 saturated heterocycles. The highest BCUT2D eigenvalue weighted by atomic mass is 32.1. The van der Waals surface area contributed by atoms with Gasteiger partial charge in [-0.15, -0.1) is 0 Å². The Bertz CT molecular complexity index is 507. The molecule has 0 bridgehead atoms. The van der Waals surface area contributed by atoms with Crippen molar-refractivity contribution in [1.82, 2.24) is 9.36 Å². The van der Waals surface area contributed by atoms with E-state index in [1.54, 1.807) is 0 Å². The maximum absolute atomic E-state index is 5.86. The molecule has 2 rings (SSSR count). The summed E-state index contributed by atoms with van der Waals surface area (Å²) < 4.78 is 4.23. The molecule has 0 aliphatic carbocycles. The number of nitrogens with two attached hydrogens (primary N) is 1. The monoisotopic (exact) mass is 248 g/mol. The van der Waals surface area contributed by atoms with Gasteiger partial charge >= 0.3 is 0 Å². The van der Waals surface area contributed by atoms with Gasteiger partial charge in [-0.2, -0.15) is 4.37 Å². The molecule has 0 spiro atoms. The van der Waals surface area contributed by atoms with Crippen LogP contribution in [0.25, 0.3) is 0 Å². The van der Waals surface area contributed by atoms with Gasteiger partial charge in [-0.1, -0.05) is 19.1 Å². The molecule has 17 heavy (non-hydrogen) atoms. The van der Waals surface area contributed by atoms with E-state index in [-0.39, 0.29) is 0 Å². The second-order valence-electron chi connectivity index (χ2n) is 3.85. The lowest BCUT2D eigenvalue weighted by atomic mass is 10.1. The summed E-state index contributed by atoms with van der Waals surface area (Å²) in [5.74, 6) is 0.891. The van der Waals surface area contributed by atoms with Crippen molar-refractivity contribution in [1.29, 1.82) is 0 Å². The van der Waals surface area contributed by atoms with Crippen molar-refractivity contribution >= 4 is 22.4 Å². The van der Waals surface area contributed by atoms with Gasteiger partial charge in [-0.25, -0.2) is 4.98 Å². The summed E-state index contributed by atoms with van der Waals surface area (Å²) in [6.45, 7) is 4.81. The number of nitrogens with zero attached hydrogens (tertiary/aromatic N) is 2. The van der Waals surface area contributed by atoms with Crippen molar-refractivity contribution in [3.63, 3.8) is 0 Å². The maximum Gasteiger partial charge on any atom is 0.202 e. The number of benzene rings is 1. The summed E-state index contributed by atoms with van der Waals surface area (Å²) in [6, 6.07) is 5.95. The third-order valence-corrected chi connectivity index (χ3v) is 3.41. The second kappa shape index (κ2) is 5.14. The summed E-state index contributed by atoms with van der Waals surface area (Å²) in [5, 5.41) is 4.14. The van der Waals surface area contributed by atoms with E-state index in [1.165, 1.54) is 17.1 Å². The number of hydrogen-bond donors (Lipinski definition) is 2. The first-order chi connectivity index (χ1) is 8.20. The molecule has 0 radical (unpaired) electrons. The zero-order valence-electron chi connectivity index (χ0n) is 10.0. The Labute approximate surface area is 105 Å². The van der Waals surface area contributed by atoms with Gasteiger partial charge in [0.2, 0.25) is 5.13 Å². The summed E-state index contributed by atoms with van der Waals surface area (Å²) in [5.41, 5.74) is 9.01. The smallest absolute Gasteiger partial charge is 0.202 e. The van der Waals surface area contributed by atoms with Crippen molar-refractivity contribution in [2.45, 2.75) is 26.8 Å². The molecule has 0 atom stereocenters. The number of rotatable bonds is 4. The van der Waals surface area contributed by atoms with E-state index in [2.05, 4.69) is 20.7 Å². The molecule has 0 fully saturated rings. The average Bonchev–Trinajstić information content (AvgIpc) is 2.79. The van der Waals surface area contributed by atoms with Crippen LogP contribution in [0, 0.1) is 6.92 Å². The molecule has 0 unspecified atom stereocenters. The molecule has 1 aromatic heterocycles. The van der Waals surface area contributed by atoms with Gasteiger partial charge in [0.1, 0.15) is 5.82 Å². The van der Waals surface area contributed by atoms with Crippen molar-refractivity contribution in [3.8, 4) is 0 Å². The van der Waals surface area contributed by atoms with E-state index in [0.29, 0.717) is 0 Å². The standard InChI is InChI=1S/C12H16N4S/c1-3-11-15-12(17-16-11)14-7-9-5-4-6-10(13)8(9)2/h4-6H,3,7,13H2,1-2H3,(H,14,15,16). The van der Waals surface area contributed by atoms with Crippen LogP contribution in [0.5, 0.6) is 0 Å². The second-order valence-corrected chi connectivity index (χ2v) is 4.61. The Hall–Kier alpha value is -1.62. The highest BCUT2D eigenvalue weighted by Gasteiger charge is 2.04. The van der Waals surface area contributed by atoms with E-state index in [4.69, 9.17) is 5.73 Å². The van der Waals surface area contributed by atoms with E-state index in [1.807, 2.05) is 26.0 Å². The SMILES string of the molecule is CCc1nsc(NCc2cccc(N)c2C)n1. The molecule has 0 aliphatic rings. The molecule has 4 nitrogen and oxygen atoms in total. The largest absolute Gasteiger partial charge is 0.399 e. The van der Waals surface area contributed by atoms with Crippen LogP contribution in [-0.4, -0.2) is 9.36 Å². The van der Waals surface area contributed by atoms with Crippen LogP contribution in [0.2, 0.25) is 0 Å². The fourth-order valence-electron chi connectivity index (χ4n) is 1.54. The van der Waals surface area contributed by atoms with E-state index < -0.39 is 0 Å². The van der Waals surface area contributed by atoms with Crippen LogP contribution >= 0.6 is 11.5 Å². The van der Waals surface area contributed by atoms with Crippen LogP contribution in [0.1, 0.15) is 23.9 Å². The Balaban J connectivity index is 2.04. The molecular formula is C12H16N4S. The molecule has 1 aromatic carbocycles. The van der Waals surface area contributed by atoms with Gasteiger partial charge in [-0.3, -0.25) is 0 Å². The number of nitrogen functional groups attached to an aromatic ring is 1. The third kappa shape index (κ3) is 2.74. The molecule has 0 saturated carbocycles. The van der Waals surface area contributed by atoms with Gasteiger partial charge in [0.15, 0.2) is 0 Å². The molecule has 2 aromatic rings. The third-order valence-electron chi connectivity index (χ3n) is 2.70. The predicted octanol–water partition coefficient (Wildman–Crippen LogP) is 2.60. The lowest BCUT2D eigenvalue weighted by Gasteiger charge is -2.08. The molecule has 1 heterocycles. The summed E-state index contributed by atoms with van der Waals surface area (Å²) >= 11 is 1.40. The van der Waals surface area contributed by atoms with Crippen LogP contribution in [0.3, 0.4) is 0 Å². The first-order valence-electron chi connectivity index (χ1n) is 5.61. The van der Waals surface area contributed by atoms with E-state index in [9.17, 15) is 0 Å². The van der Waals surface area contributed by atoms with Gasteiger partial charge in [-0.05, 0) is 24.1 Å². The van der Waals surface area contributed by atoms with Gasteiger partial charge < -0.3 is 11.1 Å². The van der Waals surface area contributed by atoms with Gasteiger partial charge in [0.05, 0.1) is 0 Å². The minimum atomic E-state index is 0.731. The van der Waals surface area contributed by atoms with Gasteiger partial charge in [0, 0.05) is 30.2 Å². The fraction of sp³-hybridized carbons (Fsp3) is 0.333. The number of nitrogens with one attached hydrogen (secondary N) is 1. The zero-order chi connectivity index (χ0) is 12.3. The lowest BCUT2D eigenvalue weighted by molar-refractivity contribution is 0.992. The fourth-order valence-corrected chi connectivity index (χ4v) is 2.18. The zero-order valence-corrected chi connectivity index (χ0v) is 10.8. The minimum Gasteiger partial charge on any atom is -0.399 e. The van der Waals surface area contributed by atoms with Crippen LogP contribution in [0.4, 0.5) is 10.8 Å². The quantitative estimate of drug-likeness (QED) is 0.816. The van der Waals surface area contributed by atoms with E-state index in [0.717, 1.165) is 35.2 Å². The average molecular weight is 248 g/mol. The van der Waals surface area contributed by atoms with Gasteiger partial charge in [0.25, 0.3) is 0 Å². The number of aromatic nitrogens is 2. The topological polar surface area (TPSA) is 63.8 Å². The summed E-state index contributed by atoms with van der Waals surface area (Å²) in [7, 11) is 0. The normalized spacial score (nSPS) is 10.5. The summed E-state index contributed by atoms with van der Waals surface area (Å²) in [4.78, 5) is 4.36. The number of aryl methyl sites for hydroxylation is 1. The molecule has 0 aliphatic heterocycles. The van der Waals surface area contributed by atoms with Crippen molar-refractivity contribution in [3.05, 3.63) is 35.2 Å². The first-order valence-corrected chi connectivity index (χ1v) is 6.38. The molecule has 3 N–H and O–H groups in total. The lowest BCUT2D eigenvalue weighted by Crippen LogP contribution is -2.03. The molecular weight excluding hydrogens is 232 g/mol. The molecule has 0 amide bonds. The maximum atomic E-state index is 5.86. The highest BCUT2D eigenvalue weighted by molar-refractivity contribution is 7.09. The van der Waals surface area contributed by atoms with Crippen molar-refractivity contribution in [2.24, 2.45) is 0 Å². The summed E-state index contributed by atoms with van der Waals surface area (Å²) in [6.07, 6.45) is 0.871. The van der Waals surface area contributed by atoms with Crippen molar-refractivity contribution < 1.29 is 0 Å². The number of hydrogen-bond acceptors (Lipinski definition) is 5. The Morgan fingerprint density at radius 2 is 2.24 bits per heavy atom. The minimum absolute atomic E-state index is 0.731. The molecule has 90 valence electrons. The highest BCUT2D eigenvalue weighted by Crippen LogP contribution is 2.18. The van der Waals surface area contributed by atoms with Crippen molar-refractivity contribution in [2.75, 3.05) is 11.1 Å². The van der Waals surface area contributed by atoms with E-state index >= 15 is 0 Å². The molecule has 5 heteroatoms. The Morgan fingerprint density at radius 1 is 1.41 bits per heavy atom. The first kappa shape index (κ1) is 11.9. The van der Waals surface area contributed by atoms with Crippen LogP contribution in [0.15, 0.2) is 18.2 Å². The van der Waals surface area contributed by atoms with Crippen LogP contribution in [-0.2, 0) is 13.0 Å².